The minimum atomic E-state index is -2.65. The minimum absolute atomic E-state index is 0.470. The molecule has 0 aromatic rings. The Hall–Kier alpha value is -0.910. The number of nitrogens with two attached hydrogens (primary N) is 1. The predicted octanol–water partition coefficient (Wildman–Crippen LogP) is 2.03. The van der Waals surface area contributed by atoms with Crippen LogP contribution >= 0.6 is 0 Å². The van der Waals surface area contributed by atoms with Crippen LogP contribution in [-0.4, -0.2) is 29.7 Å². The number of carbonyl (C=O) groups excluding carboxylic acids is 1. The Balaban J connectivity index is 2.61. The number of hydrogen-bond acceptors (Lipinski definition) is 3. The molecule has 0 spiro atoms. The van der Waals surface area contributed by atoms with Crippen molar-refractivity contribution in [2.45, 2.75) is 63.6 Å². The van der Waals surface area contributed by atoms with Gasteiger partial charge >= 0.3 is 6.09 Å². The molecule has 3 N–H and O–H groups in total. The lowest BCUT2D eigenvalue weighted by molar-refractivity contribution is 0.00762. The normalized spacial score (nSPS) is 20.6. The lowest BCUT2D eigenvalue weighted by atomic mass is 9.72. The summed E-state index contributed by atoms with van der Waals surface area (Å²) in [6.07, 6.45) is -1.61. The summed E-state index contributed by atoms with van der Waals surface area (Å²) in [6.45, 7) is 5.15. The summed E-state index contributed by atoms with van der Waals surface area (Å²) in [4.78, 5) is 11.6. The largest absolute Gasteiger partial charge is 0.444 e. The third kappa shape index (κ3) is 3.52. The van der Waals surface area contributed by atoms with Crippen LogP contribution in [0.25, 0.3) is 0 Å². The van der Waals surface area contributed by atoms with Crippen LogP contribution in [0.1, 0.15) is 40.0 Å². The zero-order valence-electron chi connectivity index (χ0n) is 10.4. The van der Waals surface area contributed by atoms with E-state index in [1.54, 1.807) is 20.8 Å². The second-order valence-corrected chi connectivity index (χ2v) is 5.50. The summed E-state index contributed by atoms with van der Waals surface area (Å²) in [5.41, 5.74) is 3.80. The van der Waals surface area contributed by atoms with Gasteiger partial charge in [-0.3, -0.25) is 0 Å². The van der Waals surface area contributed by atoms with Crippen molar-refractivity contribution in [1.29, 1.82) is 0 Å². The van der Waals surface area contributed by atoms with Gasteiger partial charge in [-0.1, -0.05) is 0 Å². The molecule has 0 aliphatic heterocycles. The molecular formula is C11H20F2N2O2. The van der Waals surface area contributed by atoms with Gasteiger partial charge in [-0.2, -0.15) is 0 Å². The fraction of sp³-hybridized carbons (Fsp3) is 0.909. The highest BCUT2D eigenvalue weighted by Gasteiger charge is 2.48. The van der Waals surface area contributed by atoms with Crippen LogP contribution < -0.4 is 11.1 Å². The van der Waals surface area contributed by atoms with Gasteiger partial charge in [0.1, 0.15) is 5.60 Å². The fourth-order valence-corrected chi connectivity index (χ4v) is 1.85. The number of halogens is 2. The van der Waals surface area contributed by atoms with Crippen molar-refractivity contribution in [1.82, 2.24) is 5.32 Å². The van der Waals surface area contributed by atoms with Crippen molar-refractivity contribution in [3.05, 3.63) is 0 Å². The topological polar surface area (TPSA) is 64.3 Å². The fourth-order valence-electron chi connectivity index (χ4n) is 1.85. The van der Waals surface area contributed by atoms with E-state index in [0.29, 0.717) is 12.8 Å². The molecule has 1 rings (SSSR count). The Morgan fingerprint density at radius 1 is 1.41 bits per heavy atom. The summed E-state index contributed by atoms with van der Waals surface area (Å²) in [5, 5.41) is 2.50. The number of rotatable bonds is 3. The Bertz CT molecular complexity index is 286. The van der Waals surface area contributed by atoms with Gasteiger partial charge < -0.3 is 15.8 Å². The van der Waals surface area contributed by atoms with E-state index < -0.39 is 29.7 Å². The second-order valence-electron chi connectivity index (χ2n) is 5.50. The number of alkyl carbamates (subject to hydrolysis) is 1. The molecule has 0 heterocycles. The quantitative estimate of drug-likeness (QED) is 0.805. The first-order chi connectivity index (χ1) is 7.66. The average Bonchev–Trinajstić information content (AvgIpc) is 2.07. The summed E-state index contributed by atoms with van der Waals surface area (Å²) in [6, 6.07) is -1.34. The molecule has 1 saturated carbocycles. The van der Waals surface area contributed by atoms with Crippen LogP contribution in [-0.2, 0) is 4.74 Å². The molecule has 0 saturated heterocycles. The molecule has 0 bridgehead atoms. The zero-order chi connectivity index (χ0) is 13.3. The maximum atomic E-state index is 12.6. The van der Waals surface area contributed by atoms with E-state index in [-0.39, 0.29) is 0 Å². The Morgan fingerprint density at radius 3 is 2.24 bits per heavy atom. The average molecular weight is 250 g/mol. The number of alkyl halides is 2. The highest BCUT2D eigenvalue weighted by Crippen LogP contribution is 2.36. The number of ether oxygens (including phenoxy) is 1. The SMILES string of the molecule is CC(C)(C)OC(=O)NC1(C(N)C(F)F)CCC1. The Morgan fingerprint density at radius 2 is 1.94 bits per heavy atom. The van der Waals surface area contributed by atoms with Crippen molar-refractivity contribution in [2.75, 3.05) is 0 Å². The van der Waals surface area contributed by atoms with Gasteiger partial charge in [0.2, 0.25) is 0 Å². The van der Waals surface area contributed by atoms with Gasteiger partial charge in [-0.15, -0.1) is 0 Å². The molecule has 17 heavy (non-hydrogen) atoms. The standard InChI is InChI=1S/C11H20F2N2O2/c1-10(2,3)17-9(16)15-11(5-4-6-11)7(14)8(12)13/h7-8H,4-6,14H2,1-3H3,(H,15,16). The van der Waals surface area contributed by atoms with Gasteiger partial charge in [0.15, 0.2) is 0 Å². The first-order valence-corrected chi connectivity index (χ1v) is 5.71. The van der Waals surface area contributed by atoms with Crippen LogP contribution in [0.5, 0.6) is 0 Å². The molecule has 1 aliphatic carbocycles. The summed E-state index contributed by atoms with van der Waals surface area (Å²) >= 11 is 0. The second kappa shape index (κ2) is 4.76. The summed E-state index contributed by atoms with van der Waals surface area (Å²) in [5.74, 6) is 0. The maximum absolute atomic E-state index is 12.6. The van der Waals surface area contributed by atoms with Crippen molar-refractivity contribution in [3.63, 3.8) is 0 Å². The van der Waals surface area contributed by atoms with Crippen molar-refractivity contribution >= 4 is 6.09 Å². The van der Waals surface area contributed by atoms with E-state index in [0.717, 1.165) is 6.42 Å². The molecule has 4 nitrogen and oxygen atoms in total. The van der Waals surface area contributed by atoms with Gasteiger partial charge in [-0.05, 0) is 40.0 Å². The minimum Gasteiger partial charge on any atom is -0.444 e. The number of hydrogen-bond donors (Lipinski definition) is 2. The van der Waals surface area contributed by atoms with Crippen LogP contribution in [0.15, 0.2) is 0 Å². The predicted molar refractivity (Wildman–Crippen MR) is 59.9 cm³/mol. The van der Waals surface area contributed by atoms with Crippen molar-refractivity contribution in [3.8, 4) is 0 Å². The van der Waals surface area contributed by atoms with Crippen LogP contribution in [0.4, 0.5) is 13.6 Å². The van der Waals surface area contributed by atoms with Crippen molar-refractivity contribution in [2.24, 2.45) is 5.73 Å². The smallest absolute Gasteiger partial charge is 0.408 e. The van der Waals surface area contributed by atoms with E-state index in [1.807, 2.05) is 0 Å². The molecular weight excluding hydrogens is 230 g/mol. The van der Waals surface area contributed by atoms with E-state index in [4.69, 9.17) is 10.5 Å². The third-order valence-electron chi connectivity index (χ3n) is 2.91. The lowest BCUT2D eigenvalue weighted by Gasteiger charge is -2.46. The molecule has 6 heteroatoms. The van der Waals surface area contributed by atoms with Gasteiger partial charge in [-0.25, -0.2) is 13.6 Å². The highest BCUT2D eigenvalue weighted by atomic mass is 19.3. The van der Waals surface area contributed by atoms with Gasteiger partial charge in [0, 0.05) is 0 Å². The van der Waals surface area contributed by atoms with Crippen molar-refractivity contribution < 1.29 is 18.3 Å². The van der Waals surface area contributed by atoms with E-state index in [1.165, 1.54) is 0 Å². The molecule has 1 amide bonds. The first-order valence-electron chi connectivity index (χ1n) is 5.71. The Labute approximate surface area is 99.9 Å². The maximum Gasteiger partial charge on any atom is 0.408 e. The summed E-state index contributed by atoms with van der Waals surface area (Å²) in [7, 11) is 0. The molecule has 100 valence electrons. The monoisotopic (exact) mass is 250 g/mol. The molecule has 1 atom stereocenters. The molecule has 0 radical (unpaired) electrons. The third-order valence-corrected chi connectivity index (χ3v) is 2.91. The molecule has 1 aliphatic rings. The molecule has 1 fully saturated rings. The van der Waals surface area contributed by atoms with E-state index >= 15 is 0 Å². The van der Waals surface area contributed by atoms with E-state index in [9.17, 15) is 13.6 Å². The molecule has 0 aromatic carbocycles. The van der Waals surface area contributed by atoms with Crippen LogP contribution in [0.2, 0.25) is 0 Å². The number of nitrogens with one attached hydrogen (secondary N) is 1. The van der Waals surface area contributed by atoms with Crippen LogP contribution in [0, 0.1) is 0 Å². The highest BCUT2D eigenvalue weighted by molar-refractivity contribution is 5.69. The van der Waals surface area contributed by atoms with Gasteiger partial charge in [0.25, 0.3) is 6.43 Å². The zero-order valence-corrected chi connectivity index (χ0v) is 10.4. The Kier molecular flexibility index (Phi) is 3.96. The van der Waals surface area contributed by atoms with Crippen LogP contribution in [0.3, 0.4) is 0 Å². The molecule has 1 unspecified atom stereocenters. The van der Waals surface area contributed by atoms with Gasteiger partial charge in [0.05, 0.1) is 11.6 Å². The molecule has 0 aromatic heterocycles. The summed E-state index contributed by atoms with van der Waals surface area (Å²) < 4.78 is 30.3. The number of carbonyl (C=O) groups is 1. The first kappa shape index (κ1) is 14.2. The lowest BCUT2D eigenvalue weighted by Crippen LogP contribution is -2.66. The number of amides is 1. The van der Waals surface area contributed by atoms with E-state index in [2.05, 4.69) is 5.32 Å².